The van der Waals surface area contributed by atoms with Gasteiger partial charge in [-0.2, -0.15) is 0 Å². The van der Waals surface area contributed by atoms with Crippen LogP contribution in [0.15, 0.2) is 28.9 Å². The maximum Gasteiger partial charge on any atom is 0.294 e. The van der Waals surface area contributed by atoms with E-state index in [0.29, 0.717) is 5.56 Å². The van der Waals surface area contributed by atoms with Crippen LogP contribution in [0.4, 0.5) is 10.1 Å². The van der Waals surface area contributed by atoms with Crippen LogP contribution in [0.5, 0.6) is 5.75 Å². The molecule has 5 nitrogen and oxygen atoms in total. The number of rotatable bonds is 2. The molecule has 2 N–H and O–H groups in total. The first-order valence-electron chi connectivity index (χ1n) is 4.79. The summed E-state index contributed by atoms with van der Waals surface area (Å²) < 4.78 is 18.1. The van der Waals surface area contributed by atoms with Gasteiger partial charge in [0.15, 0.2) is 0 Å². The van der Waals surface area contributed by atoms with Crippen molar-refractivity contribution in [1.29, 1.82) is 0 Å². The van der Waals surface area contributed by atoms with Crippen LogP contribution in [0.1, 0.15) is 16.1 Å². The number of carbonyl (C=O) groups is 1. The molecule has 2 aromatic rings. The topological polar surface area (TPSA) is 75.4 Å². The number of phenols is 1. The van der Waals surface area contributed by atoms with Crippen molar-refractivity contribution >= 4 is 11.6 Å². The highest BCUT2D eigenvalue weighted by Crippen LogP contribution is 2.20. The molecule has 0 unspecified atom stereocenters. The summed E-state index contributed by atoms with van der Waals surface area (Å²) in [6.45, 7) is 1.65. The second kappa shape index (κ2) is 4.25. The van der Waals surface area contributed by atoms with Gasteiger partial charge >= 0.3 is 0 Å². The van der Waals surface area contributed by atoms with Gasteiger partial charge in [0.1, 0.15) is 11.6 Å². The second-order valence-electron chi connectivity index (χ2n) is 3.46. The van der Waals surface area contributed by atoms with Crippen molar-refractivity contribution < 1.29 is 18.8 Å². The van der Waals surface area contributed by atoms with E-state index in [-0.39, 0.29) is 17.2 Å². The smallest absolute Gasteiger partial charge is 0.294 e. The minimum atomic E-state index is -0.726. The molecular weight excluding hydrogens is 227 g/mol. The molecule has 0 fully saturated rings. The number of hydrogen-bond acceptors (Lipinski definition) is 4. The van der Waals surface area contributed by atoms with Gasteiger partial charge in [-0.05, 0) is 19.1 Å². The van der Waals surface area contributed by atoms with E-state index < -0.39 is 11.7 Å². The minimum absolute atomic E-state index is 0.0254. The maximum atomic E-state index is 13.3. The number of aromatic hydroxyl groups is 1. The molecule has 1 amide bonds. The first-order valence-corrected chi connectivity index (χ1v) is 4.79. The highest BCUT2D eigenvalue weighted by atomic mass is 19.1. The number of amides is 1. The predicted molar refractivity (Wildman–Crippen MR) is 57.3 cm³/mol. The summed E-state index contributed by atoms with van der Waals surface area (Å²) >= 11 is 0. The van der Waals surface area contributed by atoms with Crippen molar-refractivity contribution in [2.45, 2.75) is 6.92 Å². The number of hydrogen-bond donors (Lipinski definition) is 2. The minimum Gasteiger partial charge on any atom is -0.508 e. The summed E-state index contributed by atoms with van der Waals surface area (Å²) in [5.74, 6) is -1.51. The number of phenolic OH excluding ortho intramolecular Hbond substituents is 1. The molecular formula is C11H9FN2O3. The lowest BCUT2D eigenvalue weighted by Crippen LogP contribution is -2.13. The molecule has 6 heteroatoms. The fourth-order valence-electron chi connectivity index (χ4n) is 1.29. The zero-order valence-corrected chi connectivity index (χ0v) is 8.90. The Labute approximate surface area is 95.9 Å². The van der Waals surface area contributed by atoms with Crippen LogP contribution >= 0.6 is 0 Å². The van der Waals surface area contributed by atoms with E-state index in [1.165, 1.54) is 18.3 Å². The summed E-state index contributed by atoms with van der Waals surface area (Å²) in [4.78, 5) is 11.7. The lowest BCUT2D eigenvalue weighted by molar-refractivity contribution is 0.0986. The maximum absolute atomic E-state index is 13.3. The van der Waals surface area contributed by atoms with Crippen molar-refractivity contribution in [3.63, 3.8) is 0 Å². The third-order valence-electron chi connectivity index (χ3n) is 2.16. The molecule has 1 aromatic heterocycles. The van der Waals surface area contributed by atoms with Crippen LogP contribution in [-0.4, -0.2) is 16.2 Å². The zero-order valence-electron chi connectivity index (χ0n) is 8.90. The van der Waals surface area contributed by atoms with Gasteiger partial charge in [-0.3, -0.25) is 4.79 Å². The molecule has 0 atom stereocenters. The average molecular weight is 236 g/mol. The van der Waals surface area contributed by atoms with Crippen molar-refractivity contribution in [2.75, 3.05) is 5.32 Å². The molecule has 1 aromatic carbocycles. The average Bonchev–Trinajstić information content (AvgIpc) is 2.68. The standard InChI is InChI=1S/C11H9FN2O3/c1-6-5-13-17-10(6)11(16)14-9-3-2-7(15)4-8(9)12/h2-5,15H,1H3,(H,14,16). The Balaban J connectivity index is 2.22. The highest BCUT2D eigenvalue weighted by molar-refractivity contribution is 6.03. The van der Waals surface area contributed by atoms with Crippen LogP contribution in [0, 0.1) is 12.7 Å². The fourth-order valence-corrected chi connectivity index (χ4v) is 1.29. The predicted octanol–water partition coefficient (Wildman–Crippen LogP) is 2.08. The van der Waals surface area contributed by atoms with E-state index in [0.717, 1.165) is 6.07 Å². The lowest BCUT2D eigenvalue weighted by atomic mass is 10.2. The number of halogens is 1. The molecule has 1 heterocycles. The van der Waals surface area contributed by atoms with E-state index >= 15 is 0 Å². The van der Waals surface area contributed by atoms with Crippen molar-refractivity contribution in [1.82, 2.24) is 5.16 Å². The molecule has 2 rings (SSSR count). The summed E-state index contributed by atoms with van der Waals surface area (Å²) in [7, 11) is 0. The quantitative estimate of drug-likeness (QED) is 0.783. The first-order chi connectivity index (χ1) is 8.08. The number of benzene rings is 1. The van der Waals surface area contributed by atoms with Gasteiger partial charge in [0, 0.05) is 11.6 Å². The molecule has 0 saturated carbocycles. The molecule has 0 spiro atoms. The third-order valence-corrected chi connectivity index (χ3v) is 2.16. The molecule has 0 aliphatic heterocycles. The molecule has 0 aliphatic rings. The normalized spacial score (nSPS) is 10.2. The summed E-state index contributed by atoms with van der Waals surface area (Å²) in [5.41, 5.74) is 0.519. The molecule has 0 aliphatic carbocycles. The van der Waals surface area contributed by atoms with Crippen molar-refractivity contribution in [2.24, 2.45) is 0 Å². The fraction of sp³-hybridized carbons (Fsp3) is 0.0909. The Bertz CT molecular complexity index is 566. The van der Waals surface area contributed by atoms with Gasteiger partial charge in [-0.15, -0.1) is 0 Å². The van der Waals surface area contributed by atoms with Crippen LogP contribution in [-0.2, 0) is 0 Å². The Morgan fingerprint density at radius 2 is 2.29 bits per heavy atom. The number of aryl methyl sites for hydroxylation is 1. The van der Waals surface area contributed by atoms with Crippen molar-refractivity contribution in [3.8, 4) is 5.75 Å². The van der Waals surface area contributed by atoms with Crippen LogP contribution in [0.2, 0.25) is 0 Å². The Morgan fingerprint density at radius 1 is 1.53 bits per heavy atom. The first kappa shape index (κ1) is 11.1. The molecule has 0 saturated heterocycles. The largest absolute Gasteiger partial charge is 0.508 e. The molecule has 0 radical (unpaired) electrons. The van der Waals surface area contributed by atoms with Gasteiger partial charge in [-0.25, -0.2) is 4.39 Å². The summed E-state index contributed by atoms with van der Waals surface area (Å²) in [5, 5.41) is 14.8. The Hall–Kier alpha value is -2.37. The second-order valence-corrected chi connectivity index (χ2v) is 3.46. The van der Waals surface area contributed by atoms with E-state index in [1.54, 1.807) is 6.92 Å². The van der Waals surface area contributed by atoms with Crippen LogP contribution < -0.4 is 5.32 Å². The Morgan fingerprint density at radius 3 is 2.88 bits per heavy atom. The Kier molecular flexibility index (Phi) is 2.78. The highest BCUT2D eigenvalue weighted by Gasteiger charge is 2.15. The zero-order chi connectivity index (χ0) is 12.4. The number of nitrogens with zero attached hydrogens (tertiary/aromatic N) is 1. The molecule has 0 bridgehead atoms. The van der Waals surface area contributed by atoms with Gasteiger partial charge in [0.25, 0.3) is 5.91 Å². The van der Waals surface area contributed by atoms with Gasteiger partial charge in [0.05, 0.1) is 11.9 Å². The van der Waals surface area contributed by atoms with E-state index in [1.807, 2.05) is 0 Å². The van der Waals surface area contributed by atoms with Crippen LogP contribution in [0.3, 0.4) is 0 Å². The SMILES string of the molecule is Cc1cnoc1C(=O)Nc1ccc(O)cc1F. The molecule has 88 valence electrons. The van der Waals surface area contributed by atoms with Crippen LogP contribution in [0.25, 0.3) is 0 Å². The number of nitrogens with one attached hydrogen (secondary N) is 1. The summed E-state index contributed by atoms with van der Waals surface area (Å²) in [6.07, 6.45) is 1.39. The van der Waals surface area contributed by atoms with E-state index in [9.17, 15) is 9.18 Å². The van der Waals surface area contributed by atoms with E-state index in [2.05, 4.69) is 10.5 Å². The number of carbonyl (C=O) groups excluding carboxylic acids is 1. The third kappa shape index (κ3) is 2.25. The van der Waals surface area contributed by atoms with Gasteiger partial charge < -0.3 is 14.9 Å². The number of anilines is 1. The lowest BCUT2D eigenvalue weighted by Gasteiger charge is -2.04. The van der Waals surface area contributed by atoms with Crippen molar-refractivity contribution in [3.05, 3.63) is 41.5 Å². The monoisotopic (exact) mass is 236 g/mol. The van der Waals surface area contributed by atoms with E-state index in [4.69, 9.17) is 9.63 Å². The van der Waals surface area contributed by atoms with Gasteiger partial charge in [0.2, 0.25) is 5.76 Å². The van der Waals surface area contributed by atoms with Gasteiger partial charge in [-0.1, -0.05) is 5.16 Å². The number of aromatic nitrogens is 1. The molecule has 17 heavy (non-hydrogen) atoms. The summed E-state index contributed by atoms with van der Waals surface area (Å²) in [6, 6.07) is 3.43.